The van der Waals surface area contributed by atoms with Crippen molar-refractivity contribution in [2.45, 2.75) is 24.8 Å². The molecule has 3 aromatic rings. The first-order valence-electron chi connectivity index (χ1n) is 10.8. The van der Waals surface area contributed by atoms with E-state index in [9.17, 15) is 13.2 Å². The van der Waals surface area contributed by atoms with Crippen LogP contribution in [0.4, 0.5) is 5.69 Å². The molecule has 2 N–H and O–H groups in total. The van der Waals surface area contributed by atoms with Gasteiger partial charge in [0, 0.05) is 19.3 Å². The van der Waals surface area contributed by atoms with Gasteiger partial charge in [-0.2, -0.15) is 4.31 Å². The third-order valence-corrected chi connectivity index (χ3v) is 7.73. The molecule has 0 radical (unpaired) electrons. The summed E-state index contributed by atoms with van der Waals surface area (Å²) in [7, 11) is -2.12. The summed E-state index contributed by atoms with van der Waals surface area (Å²) in [6.45, 7) is 2.11. The molecule has 0 atom stereocenters. The molecule has 0 saturated carbocycles. The van der Waals surface area contributed by atoms with E-state index < -0.39 is 15.9 Å². The van der Waals surface area contributed by atoms with Crippen LogP contribution in [0.3, 0.4) is 0 Å². The predicted molar refractivity (Wildman–Crippen MR) is 145 cm³/mol. The molecule has 10 heteroatoms. The maximum Gasteiger partial charge on any atom is 0.264 e. The van der Waals surface area contributed by atoms with E-state index in [2.05, 4.69) is 33.5 Å². The molecule has 0 unspecified atom stereocenters. The van der Waals surface area contributed by atoms with Crippen molar-refractivity contribution in [1.29, 1.82) is 0 Å². The molecule has 3 rings (SSSR count). The first-order chi connectivity index (χ1) is 16.7. The maximum atomic E-state index is 12.9. The topological polar surface area (TPSA) is 87.7 Å². The van der Waals surface area contributed by atoms with Gasteiger partial charge in [-0.15, -0.1) is 0 Å². The molecule has 0 aromatic heterocycles. The Balaban J connectivity index is 1.52. The Kier molecular flexibility index (Phi) is 9.39. The lowest BCUT2D eigenvalue weighted by molar-refractivity contribution is -0.121. The van der Waals surface area contributed by atoms with Gasteiger partial charge in [0.1, 0.15) is 5.75 Å². The number of halogens is 1. The van der Waals surface area contributed by atoms with E-state index in [0.29, 0.717) is 11.4 Å². The van der Waals surface area contributed by atoms with Gasteiger partial charge in [-0.1, -0.05) is 43.3 Å². The molecule has 184 valence electrons. The summed E-state index contributed by atoms with van der Waals surface area (Å²) in [5, 5.41) is 5.50. The highest BCUT2D eigenvalue weighted by Crippen LogP contribution is 2.26. The number of aryl methyl sites for hydroxylation is 1. The van der Waals surface area contributed by atoms with Crippen LogP contribution in [-0.2, 0) is 27.8 Å². The van der Waals surface area contributed by atoms with Crippen LogP contribution in [0.2, 0.25) is 0 Å². The van der Waals surface area contributed by atoms with Crippen LogP contribution in [0.15, 0.2) is 82.2 Å². The summed E-state index contributed by atoms with van der Waals surface area (Å²) < 4.78 is 33.4. The lowest BCUT2D eigenvalue weighted by atomic mass is 10.2. The average molecular weight is 577 g/mol. The molecule has 0 bridgehead atoms. The van der Waals surface area contributed by atoms with E-state index in [1.807, 2.05) is 42.5 Å². The number of carbonyl (C=O) groups excluding carboxylic acids is 1. The number of thiocarbonyl (C=S) groups is 1. The molecule has 0 heterocycles. The van der Waals surface area contributed by atoms with Gasteiger partial charge in [-0.05, 0) is 82.1 Å². The Morgan fingerprint density at radius 2 is 1.71 bits per heavy atom. The molecule has 7 nitrogen and oxygen atoms in total. The number of hydrogen-bond acceptors (Lipinski definition) is 5. The number of amides is 1. The standard InChI is InChI=1S/C25H26BrN3O4S2/c1-3-18-9-14-23(22(26)15-18)33-17-24(30)28-25(34)27-20-10-12-21(13-11-20)35(31,32)29(2)16-19-7-5-4-6-8-19/h4-15H,3,16-17H2,1-2H3,(H2,27,28,30,34). The molecule has 0 aliphatic rings. The minimum absolute atomic E-state index is 0.0794. The second kappa shape index (κ2) is 12.3. The van der Waals surface area contributed by atoms with Crippen molar-refractivity contribution in [3.8, 4) is 5.75 Å². The summed E-state index contributed by atoms with van der Waals surface area (Å²) in [5.41, 5.74) is 2.59. The SMILES string of the molecule is CCc1ccc(OCC(=O)NC(=S)Nc2ccc(S(=O)(=O)N(C)Cc3ccccc3)cc2)c(Br)c1. The molecule has 3 aromatic carbocycles. The number of sulfonamides is 1. The van der Waals surface area contributed by atoms with Gasteiger partial charge in [0.2, 0.25) is 10.0 Å². The van der Waals surface area contributed by atoms with Crippen molar-refractivity contribution in [3.63, 3.8) is 0 Å². The Labute approximate surface area is 219 Å². The number of nitrogens with one attached hydrogen (secondary N) is 2. The highest BCUT2D eigenvalue weighted by atomic mass is 79.9. The Bertz CT molecular complexity index is 1280. The number of benzene rings is 3. The Morgan fingerprint density at radius 1 is 1.03 bits per heavy atom. The van der Waals surface area contributed by atoms with E-state index in [1.165, 1.54) is 23.5 Å². The van der Waals surface area contributed by atoms with Crippen LogP contribution in [0, 0.1) is 0 Å². The monoisotopic (exact) mass is 575 g/mol. The first-order valence-corrected chi connectivity index (χ1v) is 13.5. The largest absolute Gasteiger partial charge is 0.483 e. The number of carbonyl (C=O) groups is 1. The molecular formula is C25H26BrN3O4S2. The third kappa shape index (κ3) is 7.60. The normalized spacial score (nSPS) is 11.2. The number of ether oxygens (including phenoxy) is 1. The average Bonchev–Trinajstić information content (AvgIpc) is 2.84. The van der Waals surface area contributed by atoms with Crippen molar-refractivity contribution >= 4 is 54.9 Å². The lowest BCUT2D eigenvalue weighted by Crippen LogP contribution is -2.37. The molecule has 35 heavy (non-hydrogen) atoms. The Hall–Kier alpha value is -2.79. The van der Waals surface area contributed by atoms with Crippen LogP contribution in [0.25, 0.3) is 0 Å². The number of anilines is 1. The molecule has 0 aliphatic carbocycles. The van der Waals surface area contributed by atoms with Crippen molar-refractivity contribution in [2.24, 2.45) is 0 Å². The predicted octanol–water partition coefficient (Wildman–Crippen LogP) is 4.72. The highest BCUT2D eigenvalue weighted by Gasteiger charge is 2.21. The molecular weight excluding hydrogens is 550 g/mol. The number of rotatable bonds is 9. The summed E-state index contributed by atoms with van der Waals surface area (Å²) >= 11 is 8.63. The maximum absolute atomic E-state index is 12.9. The highest BCUT2D eigenvalue weighted by molar-refractivity contribution is 9.10. The van der Waals surface area contributed by atoms with E-state index in [1.54, 1.807) is 18.2 Å². The smallest absolute Gasteiger partial charge is 0.264 e. The zero-order valence-electron chi connectivity index (χ0n) is 19.3. The number of hydrogen-bond donors (Lipinski definition) is 2. The second-order valence-electron chi connectivity index (χ2n) is 7.68. The van der Waals surface area contributed by atoms with E-state index in [0.717, 1.165) is 22.0 Å². The van der Waals surface area contributed by atoms with Crippen molar-refractivity contribution in [3.05, 3.63) is 88.4 Å². The van der Waals surface area contributed by atoms with Crippen LogP contribution >= 0.6 is 28.1 Å². The van der Waals surface area contributed by atoms with Gasteiger partial charge in [0.05, 0.1) is 9.37 Å². The zero-order chi connectivity index (χ0) is 25.4. The van der Waals surface area contributed by atoms with Crippen molar-refractivity contribution in [1.82, 2.24) is 9.62 Å². The summed E-state index contributed by atoms with van der Waals surface area (Å²) in [6.07, 6.45) is 0.899. The van der Waals surface area contributed by atoms with Gasteiger partial charge >= 0.3 is 0 Å². The summed E-state index contributed by atoms with van der Waals surface area (Å²) in [5.74, 6) is 0.140. The van der Waals surface area contributed by atoms with Gasteiger partial charge < -0.3 is 10.1 Å². The number of nitrogens with zero attached hydrogens (tertiary/aromatic N) is 1. The molecule has 1 amide bonds. The summed E-state index contributed by atoms with van der Waals surface area (Å²) in [4.78, 5) is 12.4. The van der Waals surface area contributed by atoms with Gasteiger partial charge in [-0.3, -0.25) is 10.1 Å². The summed E-state index contributed by atoms with van der Waals surface area (Å²) in [6, 6.07) is 21.2. The molecule has 0 spiro atoms. The Morgan fingerprint density at radius 3 is 2.34 bits per heavy atom. The minimum Gasteiger partial charge on any atom is -0.483 e. The minimum atomic E-state index is -3.66. The van der Waals surface area contributed by atoms with Gasteiger partial charge in [-0.25, -0.2) is 8.42 Å². The fraction of sp³-hybridized carbons (Fsp3) is 0.200. The third-order valence-electron chi connectivity index (χ3n) is 5.08. The lowest BCUT2D eigenvalue weighted by Gasteiger charge is -2.18. The quantitative estimate of drug-likeness (QED) is 0.359. The van der Waals surface area contributed by atoms with E-state index in [-0.39, 0.29) is 23.2 Å². The van der Waals surface area contributed by atoms with Gasteiger partial charge in [0.15, 0.2) is 11.7 Å². The fourth-order valence-corrected chi connectivity index (χ4v) is 5.10. The molecule has 0 aliphatic heterocycles. The fourth-order valence-electron chi connectivity index (χ4n) is 3.17. The van der Waals surface area contributed by atoms with Crippen LogP contribution in [-0.4, -0.2) is 37.4 Å². The molecule has 0 saturated heterocycles. The van der Waals surface area contributed by atoms with Crippen molar-refractivity contribution < 1.29 is 17.9 Å². The van der Waals surface area contributed by atoms with Gasteiger partial charge in [0.25, 0.3) is 5.91 Å². The molecule has 0 fully saturated rings. The van der Waals surface area contributed by atoms with E-state index in [4.69, 9.17) is 17.0 Å². The van der Waals surface area contributed by atoms with Crippen LogP contribution < -0.4 is 15.4 Å². The second-order valence-corrected chi connectivity index (χ2v) is 11.0. The van der Waals surface area contributed by atoms with E-state index >= 15 is 0 Å². The van der Waals surface area contributed by atoms with Crippen molar-refractivity contribution in [2.75, 3.05) is 19.0 Å². The van der Waals surface area contributed by atoms with Crippen LogP contribution in [0.5, 0.6) is 5.75 Å². The van der Waals surface area contributed by atoms with Crippen LogP contribution in [0.1, 0.15) is 18.1 Å². The zero-order valence-corrected chi connectivity index (χ0v) is 22.5. The first kappa shape index (κ1) is 26.8.